The van der Waals surface area contributed by atoms with E-state index < -0.39 is 11.7 Å². The Bertz CT molecular complexity index is 558. The summed E-state index contributed by atoms with van der Waals surface area (Å²) >= 11 is 0. The largest absolute Gasteiger partial charge is 0.416 e. The fourth-order valence-corrected chi connectivity index (χ4v) is 2.05. The summed E-state index contributed by atoms with van der Waals surface area (Å²) in [5, 5.41) is 7.54. The van der Waals surface area contributed by atoms with Crippen LogP contribution in [0.5, 0.6) is 0 Å². The molecule has 1 atom stereocenters. The van der Waals surface area contributed by atoms with E-state index in [4.69, 9.17) is 0 Å². The maximum absolute atomic E-state index is 12.6. The quantitative estimate of drug-likeness (QED) is 0.934. The zero-order valence-corrected chi connectivity index (χ0v) is 11.3. The molecule has 1 unspecified atom stereocenters. The summed E-state index contributed by atoms with van der Waals surface area (Å²) < 4.78 is 39.4. The number of halogens is 3. The first kappa shape index (κ1) is 14.6. The van der Waals surface area contributed by atoms with E-state index in [9.17, 15) is 13.2 Å². The number of alkyl halides is 3. The van der Waals surface area contributed by atoms with E-state index in [1.165, 1.54) is 12.1 Å². The van der Waals surface area contributed by atoms with Gasteiger partial charge in [-0.2, -0.15) is 18.3 Å². The highest BCUT2D eigenvalue weighted by Gasteiger charge is 2.30. The summed E-state index contributed by atoms with van der Waals surface area (Å²) in [6, 6.07) is 6.83. The fourth-order valence-electron chi connectivity index (χ4n) is 2.05. The molecule has 2 aromatic rings. The first-order valence-electron chi connectivity index (χ1n) is 6.32. The van der Waals surface area contributed by atoms with Crippen molar-refractivity contribution in [1.29, 1.82) is 0 Å². The predicted molar refractivity (Wildman–Crippen MR) is 70.2 cm³/mol. The van der Waals surface area contributed by atoms with Gasteiger partial charge in [-0.25, -0.2) is 0 Å². The molecular weight excluding hydrogens is 267 g/mol. The second-order valence-corrected chi connectivity index (χ2v) is 4.52. The molecule has 1 aromatic carbocycles. The van der Waals surface area contributed by atoms with Crippen LogP contribution in [0.15, 0.2) is 36.5 Å². The summed E-state index contributed by atoms with van der Waals surface area (Å²) in [6.45, 7) is 2.64. The average molecular weight is 283 g/mol. The summed E-state index contributed by atoms with van der Waals surface area (Å²) in [7, 11) is 1.80. The van der Waals surface area contributed by atoms with Crippen molar-refractivity contribution in [3.63, 3.8) is 0 Å². The lowest BCUT2D eigenvalue weighted by molar-refractivity contribution is -0.137. The summed E-state index contributed by atoms with van der Waals surface area (Å²) in [6.07, 6.45) is -2.50. The molecule has 0 aliphatic heterocycles. The third-order valence-electron chi connectivity index (χ3n) is 3.01. The number of hydrogen-bond acceptors (Lipinski definition) is 2. The molecule has 2 rings (SSSR count). The molecule has 0 amide bonds. The second kappa shape index (κ2) is 5.66. The van der Waals surface area contributed by atoms with Crippen molar-refractivity contribution in [2.75, 3.05) is 6.54 Å². The van der Waals surface area contributed by atoms with Crippen molar-refractivity contribution < 1.29 is 13.2 Å². The molecule has 108 valence electrons. The maximum Gasteiger partial charge on any atom is 0.416 e. The number of nitrogens with one attached hydrogen (secondary N) is 1. The molecule has 20 heavy (non-hydrogen) atoms. The van der Waals surface area contributed by atoms with Gasteiger partial charge in [0.25, 0.3) is 0 Å². The number of nitrogens with zero attached hydrogens (tertiary/aromatic N) is 2. The normalized spacial score (nSPS) is 13.4. The van der Waals surface area contributed by atoms with Gasteiger partial charge < -0.3 is 5.32 Å². The van der Waals surface area contributed by atoms with Gasteiger partial charge >= 0.3 is 6.18 Å². The molecule has 0 fully saturated rings. The van der Waals surface area contributed by atoms with E-state index in [1.54, 1.807) is 11.7 Å². The molecule has 1 aromatic heterocycles. The van der Waals surface area contributed by atoms with Gasteiger partial charge in [0.05, 0.1) is 17.3 Å². The Morgan fingerprint density at radius 3 is 2.30 bits per heavy atom. The Labute approximate surface area is 115 Å². The van der Waals surface area contributed by atoms with Crippen LogP contribution in [0.4, 0.5) is 13.2 Å². The molecule has 0 saturated heterocycles. The van der Waals surface area contributed by atoms with Crippen molar-refractivity contribution in [2.24, 2.45) is 7.05 Å². The van der Waals surface area contributed by atoms with Crippen LogP contribution in [0.25, 0.3) is 0 Å². The lowest BCUT2D eigenvalue weighted by Gasteiger charge is -2.17. The topological polar surface area (TPSA) is 29.9 Å². The van der Waals surface area contributed by atoms with Crippen molar-refractivity contribution in [1.82, 2.24) is 15.1 Å². The smallest absolute Gasteiger partial charge is 0.305 e. The van der Waals surface area contributed by atoms with Crippen molar-refractivity contribution in [2.45, 2.75) is 19.1 Å². The second-order valence-electron chi connectivity index (χ2n) is 4.52. The molecule has 1 heterocycles. The number of benzene rings is 1. The van der Waals surface area contributed by atoms with Crippen molar-refractivity contribution in [3.05, 3.63) is 53.3 Å². The highest BCUT2D eigenvalue weighted by atomic mass is 19.4. The van der Waals surface area contributed by atoms with Gasteiger partial charge in [-0.05, 0) is 30.3 Å². The van der Waals surface area contributed by atoms with Crippen molar-refractivity contribution >= 4 is 0 Å². The Morgan fingerprint density at radius 2 is 1.85 bits per heavy atom. The zero-order chi connectivity index (χ0) is 14.8. The molecule has 0 radical (unpaired) electrons. The van der Waals surface area contributed by atoms with Gasteiger partial charge in [0.1, 0.15) is 0 Å². The van der Waals surface area contributed by atoms with E-state index in [0.29, 0.717) is 6.54 Å². The Balaban J connectivity index is 2.30. The molecular formula is C14H16F3N3. The van der Waals surface area contributed by atoms with Crippen molar-refractivity contribution in [3.8, 4) is 0 Å². The Hall–Kier alpha value is -1.82. The minimum atomic E-state index is -4.31. The van der Waals surface area contributed by atoms with Gasteiger partial charge in [0, 0.05) is 13.2 Å². The van der Waals surface area contributed by atoms with Crippen LogP contribution in [0.1, 0.15) is 29.8 Å². The monoisotopic (exact) mass is 283 g/mol. The van der Waals surface area contributed by atoms with Gasteiger partial charge in [0.2, 0.25) is 0 Å². The minimum Gasteiger partial charge on any atom is -0.305 e. The van der Waals surface area contributed by atoms with Gasteiger partial charge in [-0.3, -0.25) is 4.68 Å². The molecule has 3 nitrogen and oxygen atoms in total. The van der Waals surface area contributed by atoms with Crippen LogP contribution in [0.3, 0.4) is 0 Å². The molecule has 0 aliphatic carbocycles. The van der Waals surface area contributed by atoms with E-state index in [2.05, 4.69) is 10.4 Å². The van der Waals surface area contributed by atoms with Gasteiger partial charge in [-0.1, -0.05) is 19.1 Å². The molecule has 1 N–H and O–H groups in total. The number of rotatable bonds is 4. The van der Waals surface area contributed by atoms with E-state index in [-0.39, 0.29) is 6.04 Å². The zero-order valence-electron chi connectivity index (χ0n) is 11.3. The molecule has 0 saturated carbocycles. The lowest BCUT2D eigenvalue weighted by atomic mass is 10.0. The molecule has 0 aliphatic rings. The third kappa shape index (κ3) is 3.19. The van der Waals surface area contributed by atoms with E-state index in [1.807, 2.05) is 19.2 Å². The van der Waals surface area contributed by atoms with Gasteiger partial charge in [-0.15, -0.1) is 0 Å². The van der Waals surface area contributed by atoms with Crippen LogP contribution in [0.2, 0.25) is 0 Å². The SMILES string of the molecule is CCNC(c1ccc(C(F)(F)F)cc1)c1ccn(C)n1. The average Bonchev–Trinajstić information content (AvgIpc) is 2.81. The standard InChI is InChI=1S/C14H16F3N3/c1-3-18-13(12-8-9-20(2)19-12)10-4-6-11(7-5-10)14(15,16)17/h4-9,13,18H,3H2,1-2H3. The molecule has 0 bridgehead atoms. The third-order valence-corrected chi connectivity index (χ3v) is 3.01. The molecule has 6 heteroatoms. The maximum atomic E-state index is 12.6. The predicted octanol–water partition coefficient (Wildman–Crippen LogP) is 3.14. The molecule has 0 spiro atoms. The van der Waals surface area contributed by atoms with Crippen LogP contribution in [0, 0.1) is 0 Å². The van der Waals surface area contributed by atoms with E-state index >= 15 is 0 Å². The first-order chi connectivity index (χ1) is 9.41. The minimum absolute atomic E-state index is 0.205. The Kier molecular flexibility index (Phi) is 4.13. The van der Waals surface area contributed by atoms with Crippen LogP contribution < -0.4 is 5.32 Å². The highest BCUT2D eigenvalue weighted by Crippen LogP contribution is 2.30. The van der Waals surface area contributed by atoms with Crippen LogP contribution in [-0.2, 0) is 13.2 Å². The van der Waals surface area contributed by atoms with E-state index in [0.717, 1.165) is 23.4 Å². The first-order valence-corrected chi connectivity index (χ1v) is 6.32. The summed E-state index contributed by atoms with van der Waals surface area (Å²) in [5.41, 5.74) is 0.908. The van der Waals surface area contributed by atoms with Crippen LogP contribution in [-0.4, -0.2) is 16.3 Å². The number of aryl methyl sites for hydroxylation is 1. The summed E-state index contributed by atoms with van der Waals surface area (Å²) in [4.78, 5) is 0. The Morgan fingerprint density at radius 1 is 1.20 bits per heavy atom. The lowest BCUT2D eigenvalue weighted by Crippen LogP contribution is -2.22. The highest BCUT2D eigenvalue weighted by molar-refractivity contribution is 5.31. The number of hydrogen-bond donors (Lipinski definition) is 1. The fraction of sp³-hybridized carbons (Fsp3) is 0.357. The van der Waals surface area contributed by atoms with Gasteiger partial charge in [0.15, 0.2) is 0 Å². The summed E-state index contributed by atoms with van der Waals surface area (Å²) in [5.74, 6) is 0. The number of aromatic nitrogens is 2. The van der Waals surface area contributed by atoms with Crippen LogP contribution >= 0.6 is 0 Å².